The van der Waals surface area contributed by atoms with E-state index in [2.05, 4.69) is 20.2 Å². The number of aromatic nitrogens is 4. The third-order valence-corrected chi connectivity index (χ3v) is 4.86. The van der Waals surface area contributed by atoms with E-state index in [4.69, 9.17) is 4.42 Å². The summed E-state index contributed by atoms with van der Waals surface area (Å²) in [6.45, 7) is 0. The summed E-state index contributed by atoms with van der Waals surface area (Å²) in [5, 5.41) is 10.3. The van der Waals surface area contributed by atoms with Crippen molar-refractivity contribution in [2.45, 2.75) is 11.0 Å². The molecular formula is C15H10N4O2S2. The molecule has 0 atom stereocenters. The number of rotatable bonds is 4. The minimum atomic E-state index is -0.115. The molecule has 0 aliphatic carbocycles. The van der Waals surface area contributed by atoms with Crippen molar-refractivity contribution in [2.24, 2.45) is 0 Å². The fraction of sp³-hybridized carbons (Fsp3) is 0.0667. The largest absolute Gasteiger partial charge is 0.411 e. The monoisotopic (exact) mass is 342 g/mol. The number of nitrogens with one attached hydrogen (secondary N) is 1. The summed E-state index contributed by atoms with van der Waals surface area (Å²) in [7, 11) is 0. The first-order valence-corrected chi connectivity index (χ1v) is 8.64. The van der Waals surface area contributed by atoms with Crippen molar-refractivity contribution in [3.63, 3.8) is 0 Å². The van der Waals surface area contributed by atoms with Crippen LogP contribution in [0.25, 0.3) is 21.7 Å². The van der Waals surface area contributed by atoms with Gasteiger partial charge in [0, 0.05) is 5.56 Å². The molecular weight excluding hydrogens is 332 g/mol. The van der Waals surface area contributed by atoms with Gasteiger partial charge >= 0.3 is 0 Å². The van der Waals surface area contributed by atoms with Crippen LogP contribution in [0.1, 0.15) is 5.82 Å². The van der Waals surface area contributed by atoms with Crippen molar-refractivity contribution in [3.8, 4) is 11.5 Å². The number of fused-ring (bicyclic) bond motifs is 1. The van der Waals surface area contributed by atoms with E-state index in [1.165, 1.54) is 23.1 Å². The lowest BCUT2D eigenvalue weighted by Crippen LogP contribution is -2.09. The Morgan fingerprint density at radius 1 is 1.17 bits per heavy atom. The molecule has 0 spiro atoms. The molecule has 23 heavy (non-hydrogen) atoms. The van der Waals surface area contributed by atoms with Crippen LogP contribution in [-0.4, -0.2) is 20.2 Å². The van der Waals surface area contributed by atoms with E-state index in [9.17, 15) is 4.79 Å². The summed E-state index contributed by atoms with van der Waals surface area (Å²) in [6.07, 6.45) is 0. The molecule has 0 unspecified atom stereocenters. The van der Waals surface area contributed by atoms with E-state index >= 15 is 0 Å². The summed E-state index contributed by atoms with van der Waals surface area (Å²) in [4.78, 5) is 19.1. The molecule has 0 aliphatic heterocycles. The van der Waals surface area contributed by atoms with Gasteiger partial charge in [-0.05, 0) is 23.6 Å². The minimum Gasteiger partial charge on any atom is -0.411 e. The summed E-state index contributed by atoms with van der Waals surface area (Å²) in [5.74, 6) is 1.52. The fourth-order valence-electron chi connectivity index (χ4n) is 2.09. The van der Waals surface area contributed by atoms with Crippen LogP contribution in [0, 0.1) is 0 Å². The Morgan fingerprint density at radius 3 is 2.91 bits per heavy atom. The number of H-pyrrole nitrogens is 1. The average Bonchev–Trinajstić information content (AvgIpc) is 3.23. The highest BCUT2D eigenvalue weighted by atomic mass is 32.2. The van der Waals surface area contributed by atoms with Crippen LogP contribution in [0.15, 0.2) is 56.2 Å². The molecule has 4 aromatic rings. The lowest BCUT2D eigenvalue weighted by molar-refractivity contribution is 0.465. The number of thioether (sulfide) groups is 1. The van der Waals surface area contributed by atoms with Crippen molar-refractivity contribution in [3.05, 3.63) is 58.0 Å². The van der Waals surface area contributed by atoms with Gasteiger partial charge in [0.05, 0.1) is 11.3 Å². The zero-order valence-corrected chi connectivity index (χ0v) is 13.4. The Morgan fingerprint density at radius 2 is 2.04 bits per heavy atom. The van der Waals surface area contributed by atoms with Gasteiger partial charge in [-0.3, -0.25) is 4.79 Å². The highest BCUT2D eigenvalue weighted by Crippen LogP contribution is 2.25. The second-order valence-electron chi connectivity index (χ2n) is 4.68. The van der Waals surface area contributed by atoms with Gasteiger partial charge < -0.3 is 9.40 Å². The molecule has 3 aromatic heterocycles. The van der Waals surface area contributed by atoms with E-state index in [0.29, 0.717) is 32.9 Å². The number of hydrogen-bond acceptors (Lipinski definition) is 7. The quantitative estimate of drug-likeness (QED) is 0.573. The second-order valence-corrected chi connectivity index (χ2v) is 6.52. The average molecular weight is 342 g/mol. The zero-order valence-electron chi connectivity index (χ0n) is 11.7. The first kappa shape index (κ1) is 14.2. The number of thiophene rings is 1. The Kier molecular flexibility index (Phi) is 3.68. The van der Waals surface area contributed by atoms with Gasteiger partial charge in [0.25, 0.3) is 10.8 Å². The van der Waals surface area contributed by atoms with Crippen LogP contribution in [0.3, 0.4) is 0 Å². The van der Waals surface area contributed by atoms with Crippen LogP contribution in [-0.2, 0) is 5.75 Å². The van der Waals surface area contributed by atoms with Crippen molar-refractivity contribution >= 4 is 33.3 Å². The van der Waals surface area contributed by atoms with Gasteiger partial charge in [-0.25, -0.2) is 4.98 Å². The second kappa shape index (κ2) is 5.98. The maximum atomic E-state index is 11.9. The fourth-order valence-corrected chi connectivity index (χ4v) is 3.44. The van der Waals surface area contributed by atoms with Crippen LogP contribution in [0.4, 0.5) is 0 Å². The Hall–Kier alpha value is -2.45. The van der Waals surface area contributed by atoms with Gasteiger partial charge in [0.1, 0.15) is 10.5 Å². The predicted molar refractivity (Wildman–Crippen MR) is 89.5 cm³/mol. The molecule has 114 valence electrons. The van der Waals surface area contributed by atoms with Gasteiger partial charge in [-0.1, -0.05) is 30.0 Å². The van der Waals surface area contributed by atoms with Crippen LogP contribution in [0.5, 0.6) is 0 Å². The van der Waals surface area contributed by atoms with Gasteiger partial charge in [-0.2, -0.15) is 0 Å². The Bertz CT molecular complexity index is 1010. The highest BCUT2D eigenvalue weighted by Gasteiger charge is 2.10. The summed E-state index contributed by atoms with van der Waals surface area (Å²) in [5.41, 5.74) is 1.47. The molecule has 0 amide bonds. The first-order valence-electron chi connectivity index (χ1n) is 6.78. The molecule has 0 fully saturated rings. The Balaban J connectivity index is 1.52. The van der Waals surface area contributed by atoms with E-state index < -0.39 is 0 Å². The number of aromatic amines is 1. The molecule has 0 radical (unpaired) electrons. The Labute approximate surface area is 138 Å². The molecule has 1 aromatic carbocycles. The lowest BCUT2D eigenvalue weighted by Gasteiger charge is -1.98. The van der Waals surface area contributed by atoms with Gasteiger partial charge in [-0.15, -0.1) is 21.5 Å². The SMILES string of the molecule is O=c1[nH]c(CSc2nnc(-c3ccccc3)o2)nc2ccsc12. The van der Waals surface area contributed by atoms with Crippen molar-refractivity contribution in [1.82, 2.24) is 20.2 Å². The molecule has 8 heteroatoms. The molecule has 0 saturated heterocycles. The molecule has 0 saturated carbocycles. The van der Waals surface area contributed by atoms with Crippen LogP contribution in [0.2, 0.25) is 0 Å². The molecule has 0 aliphatic rings. The van der Waals surface area contributed by atoms with Gasteiger partial charge in [0.15, 0.2) is 0 Å². The third-order valence-electron chi connectivity index (χ3n) is 3.12. The predicted octanol–water partition coefficient (Wildman–Crippen LogP) is 3.33. The third kappa shape index (κ3) is 2.90. The van der Waals surface area contributed by atoms with E-state index in [1.54, 1.807) is 0 Å². The van der Waals surface area contributed by atoms with E-state index in [1.807, 2.05) is 41.8 Å². The summed E-state index contributed by atoms with van der Waals surface area (Å²) in [6, 6.07) is 11.4. The smallest absolute Gasteiger partial charge is 0.277 e. The van der Waals surface area contributed by atoms with E-state index in [0.717, 1.165) is 5.56 Å². The summed E-state index contributed by atoms with van der Waals surface area (Å²) >= 11 is 2.72. The molecule has 1 N–H and O–H groups in total. The van der Waals surface area contributed by atoms with Crippen molar-refractivity contribution in [2.75, 3.05) is 0 Å². The molecule has 6 nitrogen and oxygen atoms in total. The zero-order chi connectivity index (χ0) is 15.6. The number of nitrogens with zero attached hydrogens (tertiary/aromatic N) is 3. The summed E-state index contributed by atoms with van der Waals surface area (Å²) < 4.78 is 6.26. The number of benzene rings is 1. The van der Waals surface area contributed by atoms with Crippen LogP contribution < -0.4 is 5.56 Å². The normalized spacial score (nSPS) is 11.1. The van der Waals surface area contributed by atoms with Gasteiger partial charge in [0.2, 0.25) is 5.89 Å². The van der Waals surface area contributed by atoms with Crippen LogP contribution >= 0.6 is 23.1 Å². The lowest BCUT2D eigenvalue weighted by atomic mass is 10.2. The first-order chi connectivity index (χ1) is 11.3. The van der Waals surface area contributed by atoms with Crippen molar-refractivity contribution in [1.29, 1.82) is 0 Å². The molecule has 3 heterocycles. The van der Waals surface area contributed by atoms with Crippen molar-refractivity contribution < 1.29 is 4.42 Å². The maximum absolute atomic E-state index is 11.9. The number of hydrogen-bond donors (Lipinski definition) is 1. The molecule has 4 rings (SSSR count). The minimum absolute atomic E-state index is 0.115. The highest BCUT2D eigenvalue weighted by molar-refractivity contribution is 7.98. The standard InChI is InChI=1S/C15H10N4O2S2/c20-13-12-10(6-7-22-12)16-11(17-13)8-23-15-19-18-14(21-15)9-4-2-1-3-5-9/h1-7H,8H2,(H,16,17,20). The van der Waals surface area contributed by atoms with E-state index in [-0.39, 0.29) is 5.56 Å². The molecule has 0 bridgehead atoms. The topological polar surface area (TPSA) is 84.7 Å². The maximum Gasteiger partial charge on any atom is 0.277 e.